The van der Waals surface area contributed by atoms with Gasteiger partial charge in [-0.15, -0.1) is 0 Å². The highest BCUT2D eigenvalue weighted by atomic mass is 16.8. The standard InChI is InChI=1S/C19H26O12/c1-7-11(21)13(23)15(25)18(28-7)31-16-14(24)12(22)10(6-20)30-19(16)29-9-4-2-8(3-5-9)17(26)27/h2-5,7,10-16,18-25H,6H2,1H3,(H,26,27). The fourth-order valence-corrected chi connectivity index (χ4v) is 3.39. The molecule has 3 rings (SSSR count). The molecule has 2 fully saturated rings. The zero-order valence-electron chi connectivity index (χ0n) is 16.5. The van der Waals surface area contributed by atoms with Crippen molar-refractivity contribution in [2.45, 2.75) is 68.3 Å². The number of carboxylic acid groups (broad SMARTS) is 1. The Hall–Kier alpha value is -1.87. The second-order valence-corrected chi connectivity index (χ2v) is 7.44. The fraction of sp³-hybridized carbons (Fsp3) is 0.632. The lowest BCUT2D eigenvalue weighted by molar-refractivity contribution is -0.354. The van der Waals surface area contributed by atoms with Crippen LogP contribution >= 0.6 is 0 Å². The third kappa shape index (κ3) is 4.98. The van der Waals surface area contributed by atoms with E-state index in [4.69, 9.17) is 24.1 Å². The van der Waals surface area contributed by atoms with Crippen LogP contribution in [-0.4, -0.2) is 110 Å². The van der Waals surface area contributed by atoms with Gasteiger partial charge < -0.3 is 54.7 Å². The van der Waals surface area contributed by atoms with E-state index in [-0.39, 0.29) is 11.3 Å². The molecule has 0 radical (unpaired) electrons. The summed E-state index contributed by atoms with van der Waals surface area (Å²) in [6.45, 7) is 0.797. The Morgan fingerprint density at radius 2 is 1.55 bits per heavy atom. The van der Waals surface area contributed by atoms with E-state index >= 15 is 0 Å². The van der Waals surface area contributed by atoms with Crippen LogP contribution in [0.25, 0.3) is 0 Å². The molecule has 0 spiro atoms. The number of benzene rings is 1. The minimum atomic E-state index is -1.68. The minimum absolute atomic E-state index is 0.00802. The number of aliphatic hydroxyl groups is 6. The maximum atomic E-state index is 11.0. The molecule has 174 valence electrons. The molecule has 1 aromatic carbocycles. The monoisotopic (exact) mass is 446 g/mol. The lowest BCUT2D eigenvalue weighted by Gasteiger charge is -2.45. The van der Waals surface area contributed by atoms with Crippen molar-refractivity contribution in [3.63, 3.8) is 0 Å². The molecule has 2 saturated heterocycles. The van der Waals surface area contributed by atoms with Gasteiger partial charge in [-0.3, -0.25) is 0 Å². The van der Waals surface area contributed by atoms with E-state index in [2.05, 4.69) is 0 Å². The van der Waals surface area contributed by atoms with Crippen LogP contribution in [0.1, 0.15) is 17.3 Å². The van der Waals surface area contributed by atoms with Gasteiger partial charge in [0.2, 0.25) is 6.29 Å². The summed E-state index contributed by atoms with van der Waals surface area (Å²) >= 11 is 0. The molecule has 2 heterocycles. The van der Waals surface area contributed by atoms with Crippen molar-refractivity contribution in [1.82, 2.24) is 0 Å². The molecule has 0 amide bonds. The first-order valence-electron chi connectivity index (χ1n) is 9.61. The largest absolute Gasteiger partial charge is 0.478 e. The first-order chi connectivity index (χ1) is 14.6. The van der Waals surface area contributed by atoms with Gasteiger partial charge in [0.15, 0.2) is 12.4 Å². The van der Waals surface area contributed by atoms with Crippen LogP contribution in [-0.2, 0) is 14.2 Å². The second-order valence-electron chi connectivity index (χ2n) is 7.44. The molecule has 12 nitrogen and oxygen atoms in total. The Balaban J connectivity index is 1.81. The van der Waals surface area contributed by atoms with Crippen LogP contribution in [0, 0.1) is 0 Å². The molecule has 0 saturated carbocycles. The Labute approximate surface area is 176 Å². The lowest BCUT2D eigenvalue weighted by Crippen LogP contribution is -2.64. The van der Waals surface area contributed by atoms with E-state index in [1.807, 2.05) is 0 Å². The molecule has 1 aromatic rings. The van der Waals surface area contributed by atoms with E-state index in [1.165, 1.54) is 31.2 Å². The summed E-state index contributed by atoms with van der Waals surface area (Å²) in [5.41, 5.74) is 0.00802. The number of hydrogen-bond acceptors (Lipinski definition) is 11. The van der Waals surface area contributed by atoms with Crippen molar-refractivity contribution in [3.05, 3.63) is 29.8 Å². The Morgan fingerprint density at radius 1 is 0.903 bits per heavy atom. The van der Waals surface area contributed by atoms with Gasteiger partial charge >= 0.3 is 5.97 Å². The third-order valence-corrected chi connectivity index (χ3v) is 5.28. The summed E-state index contributed by atoms with van der Waals surface area (Å²) in [5, 5.41) is 69.1. The van der Waals surface area contributed by atoms with Gasteiger partial charge in [0.1, 0.15) is 42.4 Å². The van der Waals surface area contributed by atoms with Gasteiger partial charge in [0.05, 0.1) is 18.3 Å². The Bertz CT molecular complexity index is 742. The van der Waals surface area contributed by atoms with Crippen molar-refractivity contribution < 1.29 is 59.5 Å². The summed E-state index contributed by atoms with van der Waals surface area (Å²) in [6, 6.07) is 5.23. The summed E-state index contributed by atoms with van der Waals surface area (Å²) in [5.74, 6) is -1.00. The van der Waals surface area contributed by atoms with Crippen molar-refractivity contribution in [3.8, 4) is 5.75 Å². The van der Waals surface area contributed by atoms with Crippen LogP contribution in [0.2, 0.25) is 0 Å². The zero-order valence-corrected chi connectivity index (χ0v) is 16.5. The summed E-state index contributed by atoms with van der Waals surface area (Å²) in [7, 11) is 0. The molecular weight excluding hydrogens is 420 g/mol. The summed E-state index contributed by atoms with van der Waals surface area (Å²) < 4.78 is 22.1. The van der Waals surface area contributed by atoms with E-state index < -0.39 is 74.0 Å². The maximum Gasteiger partial charge on any atom is 0.335 e. The molecule has 7 N–H and O–H groups in total. The predicted molar refractivity (Wildman–Crippen MR) is 99.0 cm³/mol. The molecule has 31 heavy (non-hydrogen) atoms. The highest BCUT2D eigenvalue weighted by Gasteiger charge is 2.50. The van der Waals surface area contributed by atoms with E-state index in [1.54, 1.807) is 0 Å². The fourth-order valence-electron chi connectivity index (χ4n) is 3.39. The number of rotatable bonds is 6. The van der Waals surface area contributed by atoms with Crippen molar-refractivity contribution in [2.24, 2.45) is 0 Å². The van der Waals surface area contributed by atoms with Crippen molar-refractivity contribution >= 4 is 5.97 Å². The van der Waals surface area contributed by atoms with Gasteiger partial charge in [0.25, 0.3) is 0 Å². The van der Waals surface area contributed by atoms with E-state index in [9.17, 15) is 35.4 Å². The SMILES string of the molecule is CC1OC(OC2C(Oc3ccc(C(=O)O)cc3)OC(CO)C(O)C2O)C(O)C(O)C1O. The highest BCUT2D eigenvalue weighted by Crippen LogP contribution is 2.30. The van der Waals surface area contributed by atoms with E-state index in [0.717, 1.165) is 0 Å². The van der Waals surface area contributed by atoms with Crippen LogP contribution in [0.15, 0.2) is 24.3 Å². The molecule has 0 bridgehead atoms. The highest BCUT2D eigenvalue weighted by molar-refractivity contribution is 5.87. The van der Waals surface area contributed by atoms with Gasteiger partial charge in [-0.25, -0.2) is 4.79 Å². The minimum Gasteiger partial charge on any atom is -0.478 e. The molecule has 0 aliphatic carbocycles. The molecule has 10 atom stereocenters. The van der Waals surface area contributed by atoms with Crippen molar-refractivity contribution in [1.29, 1.82) is 0 Å². The van der Waals surface area contributed by atoms with Gasteiger partial charge in [-0.1, -0.05) is 0 Å². The Morgan fingerprint density at radius 3 is 2.13 bits per heavy atom. The summed E-state index contributed by atoms with van der Waals surface area (Å²) in [6.07, 6.45) is -14.4. The quantitative estimate of drug-likeness (QED) is 0.241. The molecule has 2 aliphatic heterocycles. The predicted octanol–water partition coefficient (Wildman–Crippen LogP) is -2.58. The van der Waals surface area contributed by atoms with Gasteiger partial charge in [-0.05, 0) is 31.2 Å². The maximum absolute atomic E-state index is 11.0. The second kappa shape index (κ2) is 9.73. The van der Waals surface area contributed by atoms with Crippen LogP contribution in [0.5, 0.6) is 5.75 Å². The molecule has 2 aliphatic rings. The zero-order chi connectivity index (χ0) is 22.9. The average molecular weight is 446 g/mol. The number of ether oxygens (including phenoxy) is 4. The van der Waals surface area contributed by atoms with Crippen LogP contribution in [0.4, 0.5) is 0 Å². The molecule has 12 heteroatoms. The molecule has 10 unspecified atom stereocenters. The number of carboxylic acids is 1. The van der Waals surface area contributed by atoms with Crippen molar-refractivity contribution in [2.75, 3.05) is 6.61 Å². The number of aromatic carboxylic acids is 1. The smallest absolute Gasteiger partial charge is 0.335 e. The lowest BCUT2D eigenvalue weighted by atomic mass is 9.97. The molecular formula is C19H26O12. The molecule has 0 aromatic heterocycles. The van der Waals surface area contributed by atoms with Gasteiger partial charge in [0, 0.05) is 0 Å². The first-order valence-corrected chi connectivity index (χ1v) is 9.61. The van der Waals surface area contributed by atoms with Crippen LogP contribution in [0.3, 0.4) is 0 Å². The summed E-state index contributed by atoms with van der Waals surface area (Å²) in [4.78, 5) is 11.0. The number of hydrogen-bond donors (Lipinski definition) is 7. The third-order valence-electron chi connectivity index (χ3n) is 5.28. The number of aliphatic hydroxyl groups excluding tert-OH is 6. The topological polar surface area (TPSA) is 196 Å². The first kappa shape index (κ1) is 23.8. The Kier molecular flexibility index (Phi) is 7.47. The average Bonchev–Trinajstić information content (AvgIpc) is 2.75. The normalized spacial score (nSPS) is 41.0. The van der Waals surface area contributed by atoms with Crippen LogP contribution < -0.4 is 4.74 Å². The number of carbonyl (C=O) groups is 1. The van der Waals surface area contributed by atoms with E-state index in [0.29, 0.717) is 0 Å². The van der Waals surface area contributed by atoms with Gasteiger partial charge in [-0.2, -0.15) is 0 Å².